The molecule has 1 aromatic rings. The number of nitro benzene ring substituents is 1. The summed E-state index contributed by atoms with van der Waals surface area (Å²) < 4.78 is 5.48. The van der Waals surface area contributed by atoms with E-state index in [1.165, 1.54) is 12.1 Å². The molecule has 0 aliphatic heterocycles. The Morgan fingerprint density at radius 2 is 2.21 bits per heavy atom. The maximum absolute atomic E-state index is 10.9. The third kappa shape index (κ3) is 4.92. The summed E-state index contributed by atoms with van der Waals surface area (Å²) in [6.07, 6.45) is 1.67. The van der Waals surface area contributed by atoms with Gasteiger partial charge in [-0.15, -0.1) is 0 Å². The molecule has 0 heterocycles. The van der Waals surface area contributed by atoms with E-state index in [1.807, 2.05) is 12.3 Å². The number of carbonyl (C=O) groups is 1. The van der Waals surface area contributed by atoms with Gasteiger partial charge in [0.25, 0.3) is 5.69 Å². The number of non-ortho nitro benzene ring substituents is 1. The van der Waals surface area contributed by atoms with Gasteiger partial charge in [-0.25, -0.2) is 5.84 Å². The van der Waals surface area contributed by atoms with E-state index < -0.39 is 4.92 Å². The lowest BCUT2D eigenvalue weighted by atomic mass is 10.2. The van der Waals surface area contributed by atoms with Gasteiger partial charge in [0.1, 0.15) is 5.75 Å². The van der Waals surface area contributed by atoms with Crippen LogP contribution in [0.5, 0.6) is 5.75 Å². The second-order valence-corrected chi connectivity index (χ2v) is 4.08. The number of unbranched alkanes of at least 4 members (excludes halogenated alkanes) is 1. The Balaban J connectivity index is 2.42. The van der Waals surface area contributed by atoms with E-state index in [-0.39, 0.29) is 11.6 Å². The monoisotopic (exact) mass is 267 g/mol. The molecule has 0 bridgehead atoms. The maximum atomic E-state index is 10.9. The first-order valence-corrected chi connectivity index (χ1v) is 5.92. The van der Waals surface area contributed by atoms with Crippen molar-refractivity contribution in [2.24, 2.45) is 5.84 Å². The van der Waals surface area contributed by atoms with E-state index in [4.69, 9.17) is 10.6 Å². The summed E-state index contributed by atoms with van der Waals surface area (Å²) in [5.41, 5.74) is 2.89. The number of hydrazine groups is 1. The zero-order valence-corrected chi connectivity index (χ0v) is 10.7. The molecule has 0 spiro atoms. The molecule has 1 aromatic carbocycles. The van der Waals surface area contributed by atoms with Gasteiger partial charge in [0.2, 0.25) is 5.91 Å². The van der Waals surface area contributed by atoms with E-state index in [1.54, 1.807) is 6.07 Å². The van der Waals surface area contributed by atoms with Gasteiger partial charge in [-0.2, -0.15) is 0 Å². The van der Waals surface area contributed by atoms with Crippen molar-refractivity contribution in [3.05, 3.63) is 33.9 Å². The molecule has 7 heteroatoms. The molecule has 0 unspecified atom stereocenters. The molecule has 7 nitrogen and oxygen atoms in total. The fourth-order valence-electron chi connectivity index (χ4n) is 1.50. The van der Waals surface area contributed by atoms with Crippen molar-refractivity contribution in [2.45, 2.75) is 26.2 Å². The van der Waals surface area contributed by atoms with Crippen molar-refractivity contribution >= 4 is 11.6 Å². The first-order chi connectivity index (χ1) is 9.04. The van der Waals surface area contributed by atoms with E-state index in [0.717, 1.165) is 5.56 Å². The van der Waals surface area contributed by atoms with E-state index in [9.17, 15) is 14.9 Å². The molecule has 0 aliphatic rings. The Morgan fingerprint density at radius 1 is 1.47 bits per heavy atom. The van der Waals surface area contributed by atoms with Gasteiger partial charge in [0.15, 0.2) is 0 Å². The number of nitro groups is 1. The number of hydrogen-bond acceptors (Lipinski definition) is 5. The number of nitrogens with one attached hydrogen (secondary N) is 1. The maximum Gasteiger partial charge on any atom is 0.273 e. The molecule has 1 amide bonds. The van der Waals surface area contributed by atoms with Crippen LogP contribution in [0.15, 0.2) is 18.2 Å². The lowest BCUT2D eigenvalue weighted by Crippen LogP contribution is -2.29. The Kier molecular flexibility index (Phi) is 5.74. The molecule has 0 aliphatic carbocycles. The fraction of sp³-hybridized carbons (Fsp3) is 0.417. The minimum atomic E-state index is -0.460. The van der Waals surface area contributed by atoms with Crippen molar-refractivity contribution in [1.29, 1.82) is 0 Å². The second kappa shape index (κ2) is 7.32. The number of ether oxygens (including phenoxy) is 1. The standard InChI is InChI=1S/C12H17N3O4/c1-9-5-6-10(15(17)18)8-11(9)19-7-3-2-4-12(16)14-13/h5-6,8H,2-4,7,13H2,1H3,(H,14,16). The molecule has 104 valence electrons. The number of benzene rings is 1. The van der Waals surface area contributed by atoms with Gasteiger partial charge in [-0.1, -0.05) is 0 Å². The second-order valence-electron chi connectivity index (χ2n) is 4.08. The number of aryl methyl sites for hydroxylation is 1. The van der Waals surface area contributed by atoms with Crippen LogP contribution in [-0.4, -0.2) is 17.4 Å². The van der Waals surface area contributed by atoms with E-state index >= 15 is 0 Å². The predicted molar refractivity (Wildman–Crippen MR) is 69.5 cm³/mol. The summed E-state index contributed by atoms with van der Waals surface area (Å²) >= 11 is 0. The zero-order valence-electron chi connectivity index (χ0n) is 10.7. The van der Waals surface area contributed by atoms with Crippen molar-refractivity contribution in [1.82, 2.24) is 5.43 Å². The summed E-state index contributed by atoms with van der Waals surface area (Å²) in [5, 5.41) is 10.6. The van der Waals surface area contributed by atoms with Crippen LogP contribution < -0.4 is 16.0 Å². The molecule has 0 saturated heterocycles. The normalized spacial score (nSPS) is 10.0. The number of hydrogen-bond donors (Lipinski definition) is 2. The highest BCUT2D eigenvalue weighted by molar-refractivity contribution is 5.75. The number of nitrogens with zero attached hydrogens (tertiary/aromatic N) is 1. The third-order valence-corrected chi connectivity index (χ3v) is 2.60. The van der Waals surface area contributed by atoms with Crippen LogP contribution in [0.2, 0.25) is 0 Å². The largest absolute Gasteiger partial charge is 0.493 e. The number of carbonyl (C=O) groups excluding carboxylic acids is 1. The summed E-state index contributed by atoms with van der Waals surface area (Å²) in [6.45, 7) is 2.22. The first kappa shape index (κ1) is 14.9. The predicted octanol–water partition coefficient (Wildman–Crippen LogP) is 1.44. The number of rotatable bonds is 7. The summed E-state index contributed by atoms with van der Waals surface area (Å²) in [6, 6.07) is 4.49. The molecule has 19 heavy (non-hydrogen) atoms. The highest BCUT2D eigenvalue weighted by Crippen LogP contribution is 2.24. The van der Waals surface area contributed by atoms with Crippen LogP contribution in [0.1, 0.15) is 24.8 Å². The molecule has 0 saturated carbocycles. The Labute approximate surface area is 110 Å². The molecule has 0 fully saturated rings. The zero-order chi connectivity index (χ0) is 14.3. The van der Waals surface area contributed by atoms with E-state index in [0.29, 0.717) is 31.6 Å². The average Bonchev–Trinajstić information content (AvgIpc) is 2.39. The summed E-state index contributed by atoms with van der Waals surface area (Å²) in [7, 11) is 0. The molecule has 0 radical (unpaired) electrons. The SMILES string of the molecule is Cc1ccc([N+](=O)[O-])cc1OCCCCC(=O)NN. The van der Waals surface area contributed by atoms with Crippen molar-refractivity contribution in [3.63, 3.8) is 0 Å². The average molecular weight is 267 g/mol. The molecule has 0 aromatic heterocycles. The van der Waals surface area contributed by atoms with Gasteiger partial charge in [0, 0.05) is 12.5 Å². The van der Waals surface area contributed by atoms with E-state index in [2.05, 4.69) is 0 Å². The lowest BCUT2D eigenvalue weighted by Gasteiger charge is -2.08. The van der Waals surface area contributed by atoms with Crippen molar-refractivity contribution < 1.29 is 14.5 Å². The Bertz CT molecular complexity index is 462. The molecule has 1 rings (SSSR count). The molecular weight excluding hydrogens is 250 g/mol. The highest BCUT2D eigenvalue weighted by Gasteiger charge is 2.09. The first-order valence-electron chi connectivity index (χ1n) is 5.92. The fourth-order valence-corrected chi connectivity index (χ4v) is 1.50. The topological polar surface area (TPSA) is 107 Å². The molecule has 3 N–H and O–H groups in total. The van der Waals surface area contributed by atoms with Crippen LogP contribution in [0.3, 0.4) is 0 Å². The van der Waals surface area contributed by atoms with Gasteiger partial charge < -0.3 is 4.74 Å². The Morgan fingerprint density at radius 3 is 2.84 bits per heavy atom. The lowest BCUT2D eigenvalue weighted by molar-refractivity contribution is -0.384. The van der Waals surface area contributed by atoms with Crippen LogP contribution in [0.25, 0.3) is 0 Å². The smallest absolute Gasteiger partial charge is 0.273 e. The molecular formula is C12H17N3O4. The van der Waals surface area contributed by atoms with Gasteiger partial charge >= 0.3 is 0 Å². The van der Waals surface area contributed by atoms with Crippen molar-refractivity contribution in [2.75, 3.05) is 6.61 Å². The summed E-state index contributed by atoms with van der Waals surface area (Å²) in [5.74, 6) is 5.23. The van der Waals surface area contributed by atoms with Crippen LogP contribution in [0, 0.1) is 17.0 Å². The summed E-state index contributed by atoms with van der Waals surface area (Å²) in [4.78, 5) is 21.0. The van der Waals surface area contributed by atoms with Crippen LogP contribution in [-0.2, 0) is 4.79 Å². The minimum absolute atomic E-state index is 0.00288. The van der Waals surface area contributed by atoms with Crippen LogP contribution in [0.4, 0.5) is 5.69 Å². The van der Waals surface area contributed by atoms with Gasteiger partial charge in [-0.05, 0) is 31.4 Å². The number of amides is 1. The third-order valence-electron chi connectivity index (χ3n) is 2.60. The van der Waals surface area contributed by atoms with Crippen LogP contribution >= 0.6 is 0 Å². The quantitative estimate of drug-likeness (QED) is 0.255. The number of nitrogens with two attached hydrogens (primary N) is 1. The van der Waals surface area contributed by atoms with Crippen molar-refractivity contribution in [3.8, 4) is 5.75 Å². The Hall–Kier alpha value is -2.15. The highest BCUT2D eigenvalue weighted by atomic mass is 16.6. The molecule has 0 atom stereocenters. The van der Waals surface area contributed by atoms with Gasteiger partial charge in [0.05, 0.1) is 17.6 Å². The van der Waals surface area contributed by atoms with Gasteiger partial charge in [-0.3, -0.25) is 20.3 Å². The minimum Gasteiger partial charge on any atom is -0.493 e.